The predicted molar refractivity (Wildman–Crippen MR) is 95.9 cm³/mol. The van der Waals surface area contributed by atoms with Crippen LogP contribution in [0.4, 0.5) is 0 Å². The van der Waals surface area contributed by atoms with Gasteiger partial charge in [0.2, 0.25) is 0 Å². The summed E-state index contributed by atoms with van der Waals surface area (Å²) >= 11 is 0. The third kappa shape index (κ3) is 4.08. The largest absolute Gasteiger partial charge is 0.497 e. The lowest BCUT2D eigenvalue weighted by atomic mass is 10.1. The van der Waals surface area contributed by atoms with Gasteiger partial charge in [0.05, 0.1) is 24.8 Å². The molecule has 0 saturated heterocycles. The van der Waals surface area contributed by atoms with Gasteiger partial charge >= 0.3 is 5.97 Å². The fourth-order valence-electron chi connectivity index (χ4n) is 2.83. The quantitative estimate of drug-likeness (QED) is 0.550. The number of ether oxygens (including phenoxy) is 3. The molecule has 27 heavy (non-hydrogen) atoms. The number of amides is 2. The van der Waals surface area contributed by atoms with E-state index in [1.54, 1.807) is 55.6 Å². The van der Waals surface area contributed by atoms with E-state index < -0.39 is 23.9 Å². The van der Waals surface area contributed by atoms with Crippen LogP contribution >= 0.6 is 0 Å². The number of hydrogen-bond acceptors (Lipinski definition) is 6. The van der Waals surface area contributed by atoms with Gasteiger partial charge in [-0.1, -0.05) is 12.1 Å². The van der Waals surface area contributed by atoms with Crippen molar-refractivity contribution in [3.8, 4) is 11.5 Å². The van der Waals surface area contributed by atoms with Gasteiger partial charge in [0.15, 0.2) is 6.10 Å². The van der Waals surface area contributed by atoms with E-state index in [1.807, 2.05) is 0 Å². The van der Waals surface area contributed by atoms with Crippen molar-refractivity contribution in [1.29, 1.82) is 0 Å². The summed E-state index contributed by atoms with van der Waals surface area (Å²) < 4.78 is 16.0. The molecule has 2 amide bonds. The number of esters is 1. The molecule has 0 N–H and O–H groups in total. The molecule has 1 atom stereocenters. The van der Waals surface area contributed by atoms with Gasteiger partial charge in [0.1, 0.15) is 18.1 Å². The van der Waals surface area contributed by atoms with Crippen molar-refractivity contribution in [2.24, 2.45) is 0 Å². The second kappa shape index (κ2) is 7.90. The predicted octanol–water partition coefficient (Wildman–Crippen LogP) is 2.30. The van der Waals surface area contributed by atoms with Gasteiger partial charge in [-0.3, -0.25) is 19.3 Å². The Morgan fingerprint density at radius 3 is 2.04 bits per heavy atom. The summed E-state index contributed by atoms with van der Waals surface area (Å²) in [6.45, 7) is 1.18. The van der Waals surface area contributed by atoms with Crippen LogP contribution in [0.5, 0.6) is 11.5 Å². The van der Waals surface area contributed by atoms with Crippen LogP contribution in [-0.4, -0.2) is 49.0 Å². The van der Waals surface area contributed by atoms with Crippen molar-refractivity contribution >= 4 is 17.8 Å². The Morgan fingerprint density at radius 1 is 0.963 bits per heavy atom. The standard InChI is InChI=1S/C20H19NO6/c1-13(22)27-16(12-26-15-9-7-14(25-2)8-10-15)11-21-19(23)17-5-3-4-6-18(17)20(21)24/h3-10,16H,11-12H2,1-2H3/t16-/m1/s1. The van der Waals surface area contributed by atoms with Crippen molar-refractivity contribution in [3.63, 3.8) is 0 Å². The van der Waals surface area contributed by atoms with Crippen molar-refractivity contribution in [3.05, 3.63) is 59.7 Å². The lowest BCUT2D eigenvalue weighted by Gasteiger charge is -2.22. The topological polar surface area (TPSA) is 82.1 Å². The van der Waals surface area contributed by atoms with Gasteiger partial charge in [0, 0.05) is 6.92 Å². The molecule has 1 aliphatic rings. The Labute approximate surface area is 156 Å². The Morgan fingerprint density at radius 2 is 1.52 bits per heavy atom. The molecule has 2 aromatic carbocycles. The fraction of sp³-hybridized carbons (Fsp3) is 0.250. The number of nitrogens with zero attached hydrogens (tertiary/aromatic N) is 1. The van der Waals surface area contributed by atoms with Gasteiger partial charge in [-0.05, 0) is 36.4 Å². The molecule has 0 fully saturated rings. The van der Waals surface area contributed by atoms with Crippen molar-refractivity contribution < 1.29 is 28.6 Å². The van der Waals surface area contributed by atoms with Crippen LogP contribution in [0.1, 0.15) is 27.6 Å². The Bertz CT molecular complexity index is 826. The molecule has 7 heteroatoms. The van der Waals surface area contributed by atoms with E-state index in [4.69, 9.17) is 14.2 Å². The average molecular weight is 369 g/mol. The monoisotopic (exact) mass is 369 g/mol. The highest BCUT2D eigenvalue weighted by Gasteiger charge is 2.37. The molecule has 0 bridgehead atoms. The summed E-state index contributed by atoms with van der Waals surface area (Å²) in [6, 6.07) is 13.5. The highest BCUT2D eigenvalue weighted by atomic mass is 16.6. The summed E-state index contributed by atoms with van der Waals surface area (Å²) in [5.74, 6) is -0.0930. The molecule has 1 aliphatic heterocycles. The third-order valence-electron chi connectivity index (χ3n) is 4.09. The van der Waals surface area contributed by atoms with Crippen LogP contribution < -0.4 is 9.47 Å². The number of carbonyl (C=O) groups excluding carboxylic acids is 3. The van der Waals surface area contributed by atoms with Crippen LogP contribution in [0.15, 0.2) is 48.5 Å². The van der Waals surface area contributed by atoms with E-state index in [0.29, 0.717) is 22.6 Å². The lowest BCUT2D eigenvalue weighted by Crippen LogP contribution is -2.41. The van der Waals surface area contributed by atoms with Crippen molar-refractivity contribution in [1.82, 2.24) is 4.90 Å². The average Bonchev–Trinajstić information content (AvgIpc) is 2.91. The van der Waals surface area contributed by atoms with E-state index in [2.05, 4.69) is 0 Å². The normalized spacial score (nSPS) is 13.9. The summed E-state index contributed by atoms with van der Waals surface area (Å²) in [5, 5.41) is 0. The number of benzene rings is 2. The Balaban J connectivity index is 1.69. The minimum Gasteiger partial charge on any atom is -0.497 e. The molecule has 0 spiro atoms. The minimum atomic E-state index is -0.785. The van der Waals surface area contributed by atoms with Crippen LogP contribution in [0.3, 0.4) is 0 Å². The second-order valence-electron chi connectivity index (χ2n) is 5.98. The second-order valence-corrected chi connectivity index (χ2v) is 5.98. The van der Waals surface area contributed by atoms with E-state index in [1.165, 1.54) is 6.92 Å². The van der Waals surface area contributed by atoms with Gasteiger partial charge in [0.25, 0.3) is 11.8 Å². The Hall–Kier alpha value is -3.35. The molecule has 1 heterocycles. The molecule has 0 saturated carbocycles. The number of carbonyl (C=O) groups is 3. The molecule has 0 aliphatic carbocycles. The number of fused-ring (bicyclic) bond motifs is 1. The van der Waals surface area contributed by atoms with E-state index in [0.717, 1.165) is 4.90 Å². The molecule has 140 valence electrons. The molecular formula is C20H19NO6. The first-order chi connectivity index (χ1) is 13.0. The maximum atomic E-state index is 12.5. The number of imide groups is 1. The highest BCUT2D eigenvalue weighted by Crippen LogP contribution is 2.23. The maximum absolute atomic E-state index is 12.5. The third-order valence-corrected chi connectivity index (χ3v) is 4.09. The minimum absolute atomic E-state index is 0.000681. The first-order valence-corrected chi connectivity index (χ1v) is 8.39. The van der Waals surface area contributed by atoms with Crippen molar-refractivity contribution in [2.75, 3.05) is 20.3 Å². The van der Waals surface area contributed by atoms with Crippen LogP contribution in [-0.2, 0) is 9.53 Å². The molecule has 0 unspecified atom stereocenters. The first kappa shape index (κ1) is 18.4. The van der Waals surface area contributed by atoms with E-state index in [9.17, 15) is 14.4 Å². The molecule has 0 radical (unpaired) electrons. The smallest absolute Gasteiger partial charge is 0.303 e. The molecule has 0 aromatic heterocycles. The highest BCUT2D eigenvalue weighted by molar-refractivity contribution is 6.21. The summed E-state index contributed by atoms with van der Waals surface area (Å²) in [6.07, 6.45) is -0.785. The van der Waals surface area contributed by atoms with Gasteiger partial charge in [-0.25, -0.2) is 0 Å². The van der Waals surface area contributed by atoms with Crippen LogP contribution in [0.25, 0.3) is 0 Å². The van der Waals surface area contributed by atoms with E-state index >= 15 is 0 Å². The fourth-order valence-corrected chi connectivity index (χ4v) is 2.83. The molecular weight excluding hydrogens is 350 g/mol. The van der Waals surface area contributed by atoms with Gasteiger partial charge in [-0.2, -0.15) is 0 Å². The lowest BCUT2D eigenvalue weighted by molar-refractivity contribution is -0.148. The zero-order valence-corrected chi connectivity index (χ0v) is 15.0. The summed E-state index contributed by atoms with van der Waals surface area (Å²) in [7, 11) is 1.56. The van der Waals surface area contributed by atoms with Gasteiger partial charge < -0.3 is 14.2 Å². The molecule has 3 rings (SSSR count). The number of rotatable bonds is 7. The first-order valence-electron chi connectivity index (χ1n) is 8.39. The Kier molecular flexibility index (Phi) is 5.40. The molecule has 2 aromatic rings. The number of hydrogen-bond donors (Lipinski definition) is 0. The number of methoxy groups -OCH3 is 1. The zero-order chi connectivity index (χ0) is 19.4. The van der Waals surface area contributed by atoms with Crippen molar-refractivity contribution in [2.45, 2.75) is 13.0 Å². The van der Waals surface area contributed by atoms with E-state index in [-0.39, 0.29) is 13.2 Å². The molecule has 7 nitrogen and oxygen atoms in total. The van der Waals surface area contributed by atoms with Gasteiger partial charge in [-0.15, -0.1) is 0 Å². The zero-order valence-electron chi connectivity index (χ0n) is 15.0. The maximum Gasteiger partial charge on any atom is 0.303 e. The summed E-state index contributed by atoms with van der Waals surface area (Å²) in [5.41, 5.74) is 0.695. The SMILES string of the molecule is COc1ccc(OC[C@@H](CN2C(=O)c3ccccc3C2=O)OC(C)=O)cc1. The summed E-state index contributed by atoms with van der Waals surface area (Å²) in [4.78, 5) is 37.5. The van der Waals surface area contributed by atoms with Crippen LogP contribution in [0, 0.1) is 0 Å². The van der Waals surface area contributed by atoms with Crippen LogP contribution in [0.2, 0.25) is 0 Å².